The summed E-state index contributed by atoms with van der Waals surface area (Å²) in [6.07, 6.45) is 0. The lowest BCUT2D eigenvalue weighted by Crippen LogP contribution is -2.49. The van der Waals surface area contributed by atoms with Crippen LogP contribution < -0.4 is 10.6 Å². The highest BCUT2D eigenvalue weighted by Crippen LogP contribution is 1.91. The Kier molecular flexibility index (Phi) is 7.50. The Hall–Kier alpha value is -1.79. The van der Waals surface area contributed by atoms with Gasteiger partial charge in [-0.15, -0.1) is 0 Å². The quantitative estimate of drug-likeness (QED) is 0.665. The zero-order valence-electron chi connectivity index (χ0n) is 11.1. The van der Waals surface area contributed by atoms with Crippen molar-refractivity contribution in [3.63, 3.8) is 0 Å². The Balaban J connectivity index is 4.10. The minimum absolute atomic E-state index is 0.242. The molecular weight excluding hydrogens is 240 g/mol. The molecule has 7 heteroatoms. The van der Waals surface area contributed by atoms with Crippen LogP contribution in [0.3, 0.4) is 0 Å². The summed E-state index contributed by atoms with van der Waals surface area (Å²) in [5, 5.41) is 4.72. The van der Waals surface area contributed by atoms with Crippen molar-refractivity contribution < 1.29 is 23.9 Å². The maximum Gasteiger partial charge on any atom is 0.328 e. The molecule has 0 aromatic carbocycles. The summed E-state index contributed by atoms with van der Waals surface area (Å²) in [4.78, 5) is 33.9. The van der Waals surface area contributed by atoms with Crippen molar-refractivity contribution in [2.45, 2.75) is 39.8 Å². The lowest BCUT2D eigenvalue weighted by molar-refractivity contribution is -0.145. The lowest BCUT2D eigenvalue weighted by Gasteiger charge is -2.16. The van der Waals surface area contributed by atoms with Gasteiger partial charge in [-0.25, -0.2) is 14.4 Å². The zero-order chi connectivity index (χ0) is 14.1. The number of carbonyl (C=O) groups is 3. The van der Waals surface area contributed by atoms with Crippen LogP contribution in [0, 0.1) is 0 Å². The van der Waals surface area contributed by atoms with Gasteiger partial charge in [-0.2, -0.15) is 0 Å². The molecule has 0 fully saturated rings. The molecule has 0 aromatic rings. The average Bonchev–Trinajstić information content (AvgIpc) is 2.29. The van der Waals surface area contributed by atoms with Crippen molar-refractivity contribution in [1.82, 2.24) is 10.6 Å². The van der Waals surface area contributed by atoms with Gasteiger partial charge in [-0.1, -0.05) is 0 Å². The third-order valence-corrected chi connectivity index (χ3v) is 1.98. The van der Waals surface area contributed by atoms with Gasteiger partial charge in [0, 0.05) is 0 Å². The number of amides is 2. The normalized spacial score (nSPS) is 13.1. The van der Waals surface area contributed by atoms with Gasteiger partial charge in [0.1, 0.15) is 12.1 Å². The van der Waals surface area contributed by atoms with E-state index in [0.717, 1.165) is 0 Å². The number of esters is 2. The van der Waals surface area contributed by atoms with Crippen molar-refractivity contribution in [2.24, 2.45) is 0 Å². The molecule has 0 radical (unpaired) electrons. The molecule has 0 aliphatic carbocycles. The molecule has 0 heterocycles. The summed E-state index contributed by atoms with van der Waals surface area (Å²) in [6, 6.07) is -2.19. The molecule has 0 spiro atoms. The topological polar surface area (TPSA) is 93.7 Å². The van der Waals surface area contributed by atoms with Gasteiger partial charge in [0.25, 0.3) is 0 Å². The van der Waals surface area contributed by atoms with E-state index in [-0.39, 0.29) is 13.2 Å². The molecule has 0 rings (SSSR count). The largest absolute Gasteiger partial charge is 0.464 e. The van der Waals surface area contributed by atoms with E-state index in [4.69, 9.17) is 9.47 Å². The average molecular weight is 260 g/mol. The smallest absolute Gasteiger partial charge is 0.328 e. The first-order valence-corrected chi connectivity index (χ1v) is 5.82. The second-order valence-corrected chi connectivity index (χ2v) is 3.57. The van der Waals surface area contributed by atoms with Crippen LogP contribution in [0.4, 0.5) is 4.79 Å². The molecule has 0 saturated heterocycles. The SMILES string of the molecule is CCOC(=O)[C@H](C)NC(=O)N[C@@H](C)C(=O)OCC. The van der Waals surface area contributed by atoms with Crippen LogP contribution in [0.25, 0.3) is 0 Å². The van der Waals surface area contributed by atoms with Crippen LogP contribution in [0.2, 0.25) is 0 Å². The highest BCUT2D eigenvalue weighted by Gasteiger charge is 2.20. The first-order valence-electron chi connectivity index (χ1n) is 5.82. The number of nitrogens with one attached hydrogen (secondary N) is 2. The standard InChI is InChI=1S/C11H20N2O5/c1-5-17-9(14)7(3)12-11(16)13-8(4)10(15)18-6-2/h7-8H,5-6H2,1-4H3,(H2,12,13,16)/t7-,8-/m0/s1. The summed E-state index contributed by atoms with van der Waals surface area (Å²) >= 11 is 0. The van der Waals surface area contributed by atoms with Gasteiger partial charge < -0.3 is 20.1 Å². The molecule has 7 nitrogen and oxygen atoms in total. The molecule has 2 atom stereocenters. The van der Waals surface area contributed by atoms with Gasteiger partial charge in [0.15, 0.2) is 0 Å². The summed E-state index contributed by atoms with van der Waals surface area (Å²) in [7, 11) is 0. The van der Waals surface area contributed by atoms with Crippen LogP contribution in [0.15, 0.2) is 0 Å². The molecule has 104 valence electrons. The number of hydrogen-bond donors (Lipinski definition) is 2. The molecule has 0 unspecified atom stereocenters. The lowest BCUT2D eigenvalue weighted by atomic mass is 10.3. The number of rotatable bonds is 6. The summed E-state index contributed by atoms with van der Waals surface area (Å²) in [5.41, 5.74) is 0. The molecule has 0 aliphatic heterocycles. The second kappa shape index (κ2) is 8.32. The third-order valence-electron chi connectivity index (χ3n) is 1.98. The van der Waals surface area contributed by atoms with Gasteiger partial charge in [0.2, 0.25) is 0 Å². The van der Waals surface area contributed by atoms with E-state index in [1.165, 1.54) is 13.8 Å². The monoisotopic (exact) mass is 260 g/mol. The van der Waals surface area contributed by atoms with Crippen LogP contribution in [-0.2, 0) is 19.1 Å². The predicted molar refractivity (Wildman–Crippen MR) is 63.9 cm³/mol. The Bertz CT molecular complexity index is 278. The van der Waals surface area contributed by atoms with Crippen molar-refractivity contribution >= 4 is 18.0 Å². The van der Waals surface area contributed by atoms with E-state index < -0.39 is 30.1 Å². The molecule has 0 bridgehead atoms. The first kappa shape index (κ1) is 16.2. The number of ether oxygens (including phenoxy) is 2. The summed E-state index contributed by atoms with van der Waals surface area (Å²) < 4.78 is 9.44. The maximum absolute atomic E-state index is 11.4. The first-order chi connectivity index (χ1) is 8.42. The molecule has 0 aliphatic rings. The van der Waals surface area contributed by atoms with Crippen LogP contribution in [0.1, 0.15) is 27.7 Å². The van der Waals surface area contributed by atoms with Gasteiger partial charge in [-0.3, -0.25) is 0 Å². The number of urea groups is 1. The molecule has 2 N–H and O–H groups in total. The summed E-state index contributed by atoms with van der Waals surface area (Å²) in [5.74, 6) is -1.06. The van der Waals surface area contributed by atoms with Crippen molar-refractivity contribution in [2.75, 3.05) is 13.2 Å². The van der Waals surface area contributed by atoms with Crippen molar-refractivity contribution in [1.29, 1.82) is 0 Å². The fraction of sp³-hybridized carbons (Fsp3) is 0.727. The van der Waals surface area contributed by atoms with Crippen molar-refractivity contribution in [3.05, 3.63) is 0 Å². The number of carbonyl (C=O) groups excluding carboxylic acids is 3. The number of hydrogen-bond acceptors (Lipinski definition) is 5. The van der Waals surface area contributed by atoms with E-state index >= 15 is 0 Å². The minimum Gasteiger partial charge on any atom is -0.464 e. The predicted octanol–water partition coefficient (Wildman–Crippen LogP) is 0.189. The van der Waals surface area contributed by atoms with Crippen molar-refractivity contribution in [3.8, 4) is 0 Å². The van der Waals surface area contributed by atoms with E-state index in [1.54, 1.807) is 13.8 Å². The third kappa shape index (κ3) is 6.07. The Morgan fingerprint density at radius 3 is 1.50 bits per heavy atom. The minimum atomic E-state index is -0.778. The maximum atomic E-state index is 11.4. The Morgan fingerprint density at radius 2 is 1.22 bits per heavy atom. The fourth-order valence-electron chi connectivity index (χ4n) is 1.09. The highest BCUT2D eigenvalue weighted by atomic mass is 16.5. The van der Waals surface area contributed by atoms with Crippen LogP contribution in [0.5, 0.6) is 0 Å². The molecular formula is C11H20N2O5. The van der Waals surface area contributed by atoms with Gasteiger partial charge in [-0.05, 0) is 27.7 Å². The van der Waals surface area contributed by atoms with Gasteiger partial charge >= 0.3 is 18.0 Å². The molecule has 0 aromatic heterocycles. The van der Waals surface area contributed by atoms with E-state index in [1.807, 2.05) is 0 Å². The Labute approximate surface area is 106 Å². The summed E-state index contributed by atoms with van der Waals surface area (Å²) in [6.45, 7) is 6.82. The molecule has 0 saturated carbocycles. The fourth-order valence-corrected chi connectivity index (χ4v) is 1.09. The Morgan fingerprint density at radius 1 is 0.889 bits per heavy atom. The molecule has 2 amide bonds. The zero-order valence-corrected chi connectivity index (χ0v) is 11.1. The van der Waals surface area contributed by atoms with E-state index in [9.17, 15) is 14.4 Å². The van der Waals surface area contributed by atoms with Gasteiger partial charge in [0.05, 0.1) is 13.2 Å². The van der Waals surface area contributed by atoms with E-state index in [2.05, 4.69) is 10.6 Å². The second-order valence-electron chi connectivity index (χ2n) is 3.57. The highest BCUT2D eigenvalue weighted by molar-refractivity contribution is 5.86. The molecule has 18 heavy (non-hydrogen) atoms. The van der Waals surface area contributed by atoms with E-state index in [0.29, 0.717) is 0 Å². The van der Waals surface area contributed by atoms with Crippen LogP contribution >= 0.6 is 0 Å². The van der Waals surface area contributed by atoms with Crippen LogP contribution in [-0.4, -0.2) is 43.3 Å².